The predicted octanol–water partition coefficient (Wildman–Crippen LogP) is 4.76. The van der Waals surface area contributed by atoms with Crippen LogP contribution in [0.1, 0.15) is 29.9 Å². The molecule has 31 heavy (non-hydrogen) atoms. The molecule has 2 N–H and O–H groups in total. The summed E-state index contributed by atoms with van der Waals surface area (Å²) < 4.78 is 19.3. The Morgan fingerprint density at radius 3 is 2.71 bits per heavy atom. The van der Waals surface area contributed by atoms with Crippen molar-refractivity contribution in [2.45, 2.75) is 26.3 Å². The van der Waals surface area contributed by atoms with Crippen LogP contribution < -0.4 is 10.2 Å². The summed E-state index contributed by atoms with van der Waals surface area (Å²) in [6.07, 6.45) is 0. The van der Waals surface area contributed by atoms with E-state index >= 15 is 0 Å². The van der Waals surface area contributed by atoms with Gasteiger partial charge < -0.3 is 19.7 Å². The van der Waals surface area contributed by atoms with Crippen LogP contribution in [0.3, 0.4) is 0 Å². The lowest BCUT2D eigenvalue weighted by molar-refractivity contribution is -0.122. The third-order valence-electron chi connectivity index (χ3n) is 5.40. The van der Waals surface area contributed by atoms with E-state index in [4.69, 9.17) is 4.52 Å². The van der Waals surface area contributed by atoms with Gasteiger partial charge in [-0.15, -0.1) is 0 Å². The number of hydrogen-bond donors (Lipinski definition) is 2. The second kappa shape index (κ2) is 8.26. The Balaban J connectivity index is 1.77. The molecule has 2 heterocycles. The average Bonchev–Trinajstić information content (AvgIpc) is 3.34. The van der Waals surface area contributed by atoms with Crippen LogP contribution in [0.5, 0.6) is 0 Å². The third-order valence-corrected chi connectivity index (χ3v) is 5.40. The van der Waals surface area contributed by atoms with Crippen molar-refractivity contribution < 1.29 is 13.7 Å². The molecule has 2 aromatic heterocycles. The van der Waals surface area contributed by atoms with Crippen LogP contribution in [0.4, 0.5) is 10.1 Å². The van der Waals surface area contributed by atoms with Gasteiger partial charge in [0.2, 0.25) is 5.91 Å². The van der Waals surface area contributed by atoms with Crippen LogP contribution >= 0.6 is 0 Å². The first-order valence-corrected chi connectivity index (χ1v) is 10.1. The number of amides is 1. The van der Waals surface area contributed by atoms with Crippen LogP contribution in [-0.4, -0.2) is 30.1 Å². The molecule has 0 saturated carbocycles. The summed E-state index contributed by atoms with van der Waals surface area (Å²) in [4.78, 5) is 18.5. The lowest BCUT2D eigenvalue weighted by Crippen LogP contribution is -2.27. The van der Waals surface area contributed by atoms with Crippen molar-refractivity contribution in [1.29, 1.82) is 0 Å². The summed E-state index contributed by atoms with van der Waals surface area (Å²) in [5.74, 6) is -0.460. The van der Waals surface area contributed by atoms with E-state index in [-0.39, 0.29) is 18.3 Å². The van der Waals surface area contributed by atoms with Crippen molar-refractivity contribution in [3.63, 3.8) is 0 Å². The monoisotopic (exact) mass is 420 g/mol. The van der Waals surface area contributed by atoms with Crippen LogP contribution in [0.15, 0.2) is 53.1 Å². The van der Waals surface area contributed by atoms with Crippen LogP contribution in [0, 0.1) is 12.7 Å². The first kappa shape index (κ1) is 20.7. The molecule has 6 nitrogen and oxygen atoms in total. The number of fused-ring (bicyclic) bond motifs is 1. The zero-order valence-corrected chi connectivity index (χ0v) is 18.0. The standard InChI is InChI=1S/C24H25FN4O2/c1-14-11-17(31-28-14)13-26-24(30)15(2)22-19-12-16(25)9-10-20(19)27-23(22)18-7-5-6-8-21(18)29(3)4/h5-12,15,27H,13H2,1-4H3,(H,26,30). The Morgan fingerprint density at radius 2 is 2.00 bits per heavy atom. The Hall–Kier alpha value is -3.61. The van der Waals surface area contributed by atoms with E-state index in [0.717, 1.165) is 33.7 Å². The summed E-state index contributed by atoms with van der Waals surface area (Å²) in [5, 5.41) is 7.44. The Labute approximate surface area is 180 Å². The van der Waals surface area contributed by atoms with Crippen molar-refractivity contribution in [2.24, 2.45) is 0 Å². The van der Waals surface area contributed by atoms with Gasteiger partial charge in [-0.2, -0.15) is 0 Å². The van der Waals surface area contributed by atoms with E-state index in [1.165, 1.54) is 12.1 Å². The van der Waals surface area contributed by atoms with E-state index in [2.05, 4.69) is 15.5 Å². The van der Waals surface area contributed by atoms with Gasteiger partial charge in [0, 0.05) is 42.3 Å². The summed E-state index contributed by atoms with van der Waals surface area (Å²) in [6.45, 7) is 3.90. The second-order valence-electron chi connectivity index (χ2n) is 7.89. The van der Waals surface area contributed by atoms with E-state index < -0.39 is 5.92 Å². The normalized spacial score (nSPS) is 12.2. The van der Waals surface area contributed by atoms with Gasteiger partial charge in [0.05, 0.1) is 23.9 Å². The molecule has 4 rings (SSSR count). The number of aromatic nitrogens is 2. The number of nitrogens with zero attached hydrogens (tertiary/aromatic N) is 2. The molecule has 4 aromatic rings. The van der Waals surface area contributed by atoms with Gasteiger partial charge in [-0.1, -0.05) is 23.4 Å². The maximum absolute atomic E-state index is 14.1. The molecule has 0 aliphatic heterocycles. The zero-order valence-electron chi connectivity index (χ0n) is 18.0. The van der Waals surface area contributed by atoms with E-state index in [0.29, 0.717) is 11.1 Å². The van der Waals surface area contributed by atoms with Crippen molar-refractivity contribution in [2.75, 3.05) is 19.0 Å². The number of rotatable bonds is 6. The largest absolute Gasteiger partial charge is 0.377 e. The number of aromatic amines is 1. The predicted molar refractivity (Wildman–Crippen MR) is 120 cm³/mol. The number of hydrogen-bond acceptors (Lipinski definition) is 4. The van der Waals surface area contributed by atoms with Gasteiger partial charge in [0.25, 0.3) is 0 Å². The molecular weight excluding hydrogens is 395 g/mol. The first-order chi connectivity index (χ1) is 14.8. The molecule has 0 bridgehead atoms. The maximum Gasteiger partial charge on any atom is 0.227 e. The zero-order chi connectivity index (χ0) is 22.1. The van der Waals surface area contributed by atoms with Crippen LogP contribution in [-0.2, 0) is 11.3 Å². The molecule has 1 unspecified atom stereocenters. The minimum absolute atomic E-state index is 0.178. The van der Waals surface area contributed by atoms with E-state index in [1.807, 2.05) is 57.1 Å². The van der Waals surface area contributed by atoms with Crippen molar-refractivity contribution >= 4 is 22.5 Å². The highest BCUT2D eigenvalue weighted by Gasteiger charge is 2.25. The molecule has 0 radical (unpaired) electrons. The number of nitrogens with one attached hydrogen (secondary N) is 2. The lowest BCUT2D eigenvalue weighted by Gasteiger charge is -2.19. The summed E-state index contributed by atoms with van der Waals surface area (Å²) in [7, 11) is 3.94. The van der Waals surface area contributed by atoms with Crippen molar-refractivity contribution in [3.05, 3.63) is 71.4 Å². The van der Waals surface area contributed by atoms with Gasteiger partial charge >= 0.3 is 0 Å². The average molecular weight is 420 g/mol. The Morgan fingerprint density at radius 1 is 1.23 bits per heavy atom. The van der Waals surface area contributed by atoms with E-state index in [9.17, 15) is 9.18 Å². The molecule has 1 amide bonds. The minimum atomic E-state index is -0.523. The third kappa shape index (κ3) is 4.03. The van der Waals surface area contributed by atoms with E-state index in [1.54, 1.807) is 12.1 Å². The molecule has 160 valence electrons. The fourth-order valence-corrected chi connectivity index (χ4v) is 3.88. The summed E-state index contributed by atoms with van der Waals surface area (Å²) >= 11 is 0. The fourth-order valence-electron chi connectivity index (χ4n) is 3.88. The van der Waals surface area contributed by atoms with Crippen LogP contribution in [0.25, 0.3) is 22.2 Å². The van der Waals surface area contributed by atoms with Gasteiger partial charge in [0.1, 0.15) is 5.82 Å². The van der Waals surface area contributed by atoms with Gasteiger partial charge in [0.15, 0.2) is 5.76 Å². The number of carbonyl (C=O) groups is 1. The van der Waals surface area contributed by atoms with Gasteiger partial charge in [-0.25, -0.2) is 4.39 Å². The highest BCUT2D eigenvalue weighted by Crippen LogP contribution is 2.39. The number of anilines is 1. The Kier molecular flexibility index (Phi) is 5.50. The smallest absolute Gasteiger partial charge is 0.227 e. The van der Waals surface area contributed by atoms with Crippen molar-refractivity contribution in [1.82, 2.24) is 15.5 Å². The molecule has 0 aliphatic carbocycles. The van der Waals surface area contributed by atoms with Crippen molar-refractivity contribution in [3.8, 4) is 11.3 Å². The summed E-state index contributed by atoms with van der Waals surface area (Å²) in [5.41, 5.74) is 5.06. The number of halogens is 1. The number of aryl methyl sites for hydroxylation is 1. The van der Waals surface area contributed by atoms with Crippen LogP contribution in [0.2, 0.25) is 0 Å². The molecule has 0 fully saturated rings. The molecule has 1 atom stereocenters. The lowest BCUT2D eigenvalue weighted by atomic mass is 9.93. The maximum atomic E-state index is 14.1. The first-order valence-electron chi connectivity index (χ1n) is 10.1. The molecule has 0 saturated heterocycles. The number of H-pyrrole nitrogens is 1. The summed E-state index contributed by atoms with van der Waals surface area (Å²) in [6, 6.07) is 14.3. The molecule has 7 heteroatoms. The SMILES string of the molecule is Cc1cc(CNC(=O)C(C)c2c(-c3ccccc3N(C)C)[nH]c3ccc(F)cc23)on1. The highest BCUT2D eigenvalue weighted by atomic mass is 19.1. The van der Waals surface area contributed by atoms with Gasteiger partial charge in [-0.3, -0.25) is 4.79 Å². The topological polar surface area (TPSA) is 74.2 Å². The number of para-hydroxylation sites is 1. The molecular formula is C24H25FN4O2. The van der Waals surface area contributed by atoms with Gasteiger partial charge in [-0.05, 0) is 43.7 Å². The molecule has 0 spiro atoms. The Bertz CT molecular complexity index is 1240. The fraction of sp³-hybridized carbons (Fsp3) is 0.250. The minimum Gasteiger partial charge on any atom is -0.377 e. The second-order valence-corrected chi connectivity index (χ2v) is 7.89. The molecule has 0 aliphatic rings. The quantitative estimate of drug-likeness (QED) is 0.472. The number of benzene rings is 2. The molecule has 2 aromatic carbocycles. The number of carbonyl (C=O) groups excluding carboxylic acids is 1. The highest BCUT2D eigenvalue weighted by molar-refractivity contribution is 5.99.